The lowest BCUT2D eigenvalue weighted by Crippen LogP contribution is -2.34. The number of thiophene rings is 1. The van der Waals surface area contributed by atoms with Crippen LogP contribution in [0.4, 0.5) is 0 Å². The zero-order chi connectivity index (χ0) is 11.7. The Morgan fingerprint density at radius 1 is 1.18 bits per heavy atom. The van der Waals surface area contributed by atoms with Crippen molar-refractivity contribution in [3.05, 3.63) is 21.9 Å². The summed E-state index contributed by atoms with van der Waals surface area (Å²) in [5.41, 5.74) is 0. The van der Waals surface area contributed by atoms with Crippen molar-refractivity contribution < 1.29 is 0 Å². The first-order chi connectivity index (χ1) is 8.31. The van der Waals surface area contributed by atoms with E-state index in [0.717, 1.165) is 24.4 Å². The normalized spacial score (nSPS) is 29.5. The molecular weight excluding hydrogens is 226 g/mol. The smallest absolute Gasteiger partial charge is 0.0302 e. The van der Waals surface area contributed by atoms with Crippen molar-refractivity contribution >= 4 is 11.3 Å². The summed E-state index contributed by atoms with van der Waals surface area (Å²) in [6, 6.07) is 5.29. The first-order valence-electron chi connectivity index (χ1n) is 7.10. The minimum absolute atomic E-state index is 0.789. The van der Waals surface area contributed by atoms with Gasteiger partial charge in [0, 0.05) is 22.3 Å². The van der Waals surface area contributed by atoms with Gasteiger partial charge in [-0.2, -0.15) is 0 Å². The predicted molar refractivity (Wildman–Crippen MR) is 74.4 cm³/mol. The van der Waals surface area contributed by atoms with Gasteiger partial charge in [-0.3, -0.25) is 0 Å². The summed E-state index contributed by atoms with van der Waals surface area (Å²) >= 11 is 1.93. The number of hydrogen-bond donors (Lipinski definition) is 1. The first kappa shape index (κ1) is 11.7. The average Bonchev–Trinajstić information content (AvgIpc) is 3.11. The Bertz CT molecular complexity index is 367. The van der Waals surface area contributed by atoms with Gasteiger partial charge in [-0.1, -0.05) is 12.8 Å². The standard InChI is InChI=1S/C15H23NS/c1-11-5-8-15(17-11)10-16-14-4-2-3-13(9-14)12-6-7-12/h5,8,12-14,16H,2-4,6-7,9-10H2,1H3. The molecular formula is C15H23NS. The van der Waals surface area contributed by atoms with E-state index in [2.05, 4.69) is 24.4 Å². The van der Waals surface area contributed by atoms with Crippen LogP contribution in [0.5, 0.6) is 0 Å². The molecule has 0 spiro atoms. The van der Waals surface area contributed by atoms with Crippen LogP contribution >= 0.6 is 11.3 Å². The highest BCUT2D eigenvalue weighted by molar-refractivity contribution is 7.11. The van der Waals surface area contributed by atoms with Gasteiger partial charge in [0.2, 0.25) is 0 Å². The average molecular weight is 249 g/mol. The topological polar surface area (TPSA) is 12.0 Å². The maximum Gasteiger partial charge on any atom is 0.0302 e. The summed E-state index contributed by atoms with van der Waals surface area (Å²) in [4.78, 5) is 2.93. The molecule has 0 bridgehead atoms. The summed E-state index contributed by atoms with van der Waals surface area (Å²) in [5, 5.41) is 3.77. The quantitative estimate of drug-likeness (QED) is 0.846. The molecule has 1 nitrogen and oxygen atoms in total. The van der Waals surface area contributed by atoms with Crippen molar-refractivity contribution in [3.8, 4) is 0 Å². The van der Waals surface area contributed by atoms with Crippen LogP contribution in [0.3, 0.4) is 0 Å². The van der Waals surface area contributed by atoms with Crippen molar-refractivity contribution in [2.24, 2.45) is 11.8 Å². The SMILES string of the molecule is Cc1ccc(CNC2CCCC(C3CC3)C2)s1. The third kappa shape index (κ3) is 3.11. The monoisotopic (exact) mass is 249 g/mol. The van der Waals surface area contributed by atoms with Crippen molar-refractivity contribution in [1.82, 2.24) is 5.32 Å². The first-order valence-corrected chi connectivity index (χ1v) is 7.91. The van der Waals surface area contributed by atoms with Gasteiger partial charge in [-0.15, -0.1) is 11.3 Å². The maximum absolute atomic E-state index is 3.77. The number of aryl methyl sites for hydroxylation is 1. The van der Waals surface area contributed by atoms with Gasteiger partial charge in [-0.05, 0) is 56.6 Å². The van der Waals surface area contributed by atoms with Crippen LogP contribution in [0.15, 0.2) is 12.1 Å². The summed E-state index contributed by atoms with van der Waals surface area (Å²) in [6.07, 6.45) is 8.81. The van der Waals surface area contributed by atoms with Gasteiger partial charge in [-0.25, -0.2) is 0 Å². The van der Waals surface area contributed by atoms with Gasteiger partial charge in [0.25, 0.3) is 0 Å². The van der Waals surface area contributed by atoms with Crippen LogP contribution in [-0.2, 0) is 6.54 Å². The van der Waals surface area contributed by atoms with E-state index < -0.39 is 0 Å². The van der Waals surface area contributed by atoms with Crippen LogP contribution < -0.4 is 5.32 Å². The molecule has 1 heterocycles. The molecule has 2 fully saturated rings. The molecule has 1 N–H and O–H groups in total. The van der Waals surface area contributed by atoms with Gasteiger partial charge in [0.1, 0.15) is 0 Å². The molecule has 2 unspecified atom stereocenters. The summed E-state index contributed by atoms with van der Waals surface area (Å²) < 4.78 is 0. The van der Waals surface area contributed by atoms with E-state index in [-0.39, 0.29) is 0 Å². The Balaban J connectivity index is 1.47. The number of rotatable bonds is 4. The van der Waals surface area contributed by atoms with Crippen molar-refractivity contribution in [3.63, 3.8) is 0 Å². The molecule has 0 saturated heterocycles. The van der Waals surface area contributed by atoms with Crippen LogP contribution in [0.1, 0.15) is 48.3 Å². The summed E-state index contributed by atoms with van der Waals surface area (Å²) in [5.74, 6) is 2.15. The van der Waals surface area contributed by atoms with E-state index in [4.69, 9.17) is 0 Å². The molecule has 1 aromatic heterocycles. The zero-order valence-electron chi connectivity index (χ0n) is 10.7. The Kier molecular flexibility index (Phi) is 3.53. The molecule has 0 amide bonds. The predicted octanol–water partition coefficient (Wildman–Crippen LogP) is 4.11. The van der Waals surface area contributed by atoms with E-state index >= 15 is 0 Å². The van der Waals surface area contributed by atoms with Gasteiger partial charge in [0.05, 0.1) is 0 Å². The number of nitrogens with one attached hydrogen (secondary N) is 1. The van der Waals surface area contributed by atoms with E-state index in [0.29, 0.717) is 0 Å². The zero-order valence-corrected chi connectivity index (χ0v) is 11.6. The lowest BCUT2D eigenvalue weighted by atomic mass is 9.83. The van der Waals surface area contributed by atoms with E-state index in [9.17, 15) is 0 Å². The van der Waals surface area contributed by atoms with Crippen LogP contribution in [-0.4, -0.2) is 6.04 Å². The molecule has 1 aromatic rings. The molecule has 2 saturated carbocycles. The maximum atomic E-state index is 3.77. The second kappa shape index (κ2) is 5.11. The fourth-order valence-corrected chi connectivity index (χ4v) is 4.08. The van der Waals surface area contributed by atoms with Crippen LogP contribution in [0.2, 0.25) is 0 Å². The molecule has 2 atom stereocenters. The third-order valence-electron chi connectivity index (χ3n) is 4.36. The molecule has 0 aliphatic heterocycles. The van der Waals surface area contributed by atoms with Gasteiger partial charge in [0.15, 0.2) is 0 Å². The summed E-state index contributed by atoms with van der Waals surface area (Å²) in [7, 11) is 0. The number of hydrogen-bond acceptors (Lipinski definition) is 2. The third-order valence-corrected chi connectivity index (χ3v) is 5.37. The minimum atomic E-state index is 0.789. The molecule has 2 aliphatic rings. The lowest BCUT2D eigenvalue weighted by molar-refractivity contribution is 0.260. The molecule has 2 heteroatoms. The molecule has 0 aromatic carbocycles. The Morgan fingerprint density at radius 3 is 2.76 bits per heavy atom. The van der Waals surface area contributed by atoms with E-state index in [1.807, 2.05) is 11.3 Å². The van der Waals surface area contributed by atoms with E-state index in [1.165, 1.54) is 48.3 Å². The Hall–Kier alpha value is -0.340. The molecule has 3 rings (SSSR count). The van der Waals surface area contributed by atoms with Gasteiger partial charge >= 0.3 is 0 Å². The second-order valence-electron chi connectivity index (χ2n) is 5.85. The molecule has 17 heavy (non-hydrogen) atoms. The highest BCUT2D eigenvalue weighted by Gasteiger charge is 2.34. The highest BCUT2D eigenvalue weighted by atomic mass is 32.1. The summed E-state index contributed by atoms with van der Waals surface area (Å²) in [6.45, 7) is 3.28. The van der Waals surface area contributed by atoms with Crippen molar-refractivity contribution in [1.29, 1.82) is 0 Å². The second-order valence-corrected chi connectivity index (χ2v) is 7.23. The minimum Gasteiger partial charge on any atom is -0.309 e. The van der Waals surface area contributed by atoms with Crippen LogP contribution in [0.25, 0.3) is 0 Å². The van der Waals surface area contributed by atoms with Gasteiger partial charge < -0.3 is 5.32 Å². The molecule has 94 valence electrons. The van der Waals surface area contributed by atoms with Crippen LogP contribution in [0, 0.1) is 18.8 Å². The Labute approximate surface area is 109 Å². The van der Waals surface area contributed by atoms with Crippen molar-refractivity contribution in [2.45, 2.75) is 58.0 Å². The Morgan fingerprint density at radius 2 is 2.06 bits per heavy atom. The van der Waals surface area contributed by atoms with Crippen molar-refractivity contribution in [2.75, 3.05) is 0 Å². The lowest BCUT2D eigenvalue weighted by Gasteiger charge is -2.29. The fourth-order valence-electron chi connectivity index (χ4n) is 3.23. The molecule has 2 aliphatic carbocycles. The highest BCUT2D eigenvalue weighted by Crippen LogP contribution is 2.43. The largest absolute Gasteiger partial charge is 0.309 e. The fraction of sp³-hybridized carbons (Fsp3) is 0.733. The molecule has 0 radical (unpaired) electrons. The van der Waals surface area contributed by atoms with E-state index in [1.54, 1.807) is 0 Å².